The number of ketones is 1. The highest BCUT2D eigenvalue weighted by atomic mass is 16.5. The van der Waals surface area contributed by atoms with Crippen LogP contribution in [0.3, 0.4) is 0 Å². The van der Waals surface area contributed by atoms with Crippen LogP contribution in [0.1, 0.15) is 76.1 Å². The number of fused-ring (bicyclic) bond motifs is 1. The topological polar surface area (TPSA) is 50.4 Å². The molecule has 0 aromatic heterocycles. The van der Waals surface area contributed by atoms with Crippen LogP contribution in [-0.2, 0) is 10.2 Å². The van der Waals surface area contributed by atoms with Crippen molar-refractivity contribution < 1.29 is 9.53 Å². The monoisotopic (exact) mass is 480 g/mol. The summed E-state index contributed by atoms with van der Waals surface area (Å²) < 4.78 is 5.81. The summed E-state index contributed by atoms with van der Waals surface area (Å²) in [5.74, 6) is 1.19. The van der Waals surface area contributed by atoms with Crippen LogP contribution < -0.4 is 15.4 Å². The minimum atomic E-state index is -0.194. The first-order valence-corrected chi connectivity index (χ1v) is 12.9. The number of anilines is 2. The molecule has 0 saturated heterocycles. The molecule has 5 rings (SSSR count). The largest absolute Gasteiger partial charge is 0.491 e. The van der Waals surface area contributed by atoms with E-state index >= 15 is 0 Å². The van der Waals surface area contributed by atoms with Crippen molar-refractivity contribution in [2.24, 2.45) is 0 Å². The summed E-state index contributed by atoms with van der Waals surface area (Å²) in [6.07, 6.45) is 1.43. The third kappa shape index (κ3) is 4.90. The third-order valence-corrected chi connectivity index (χ3v) is 7.14. The van der Waals surface area contributed by atoms with Gasteiger partial charge < -0.3 is 15.4 Å². The van der Waals surface area contributed by atoms with Crippen LogP contribution in [-0.4, -0.2) is 11.9 Å². The molecule has 2 unspecified atom stereocenters. The van der Waals surface area contributed by atoms with E-state index in [1.165, 1.54) is 11.1 Å². The summed E-state index contributed by atoms with van der Waals surface area (Å²) in [4.78, 5) is 13.8. The lowest BCUT2D eigenvalue weighted by atomic mass is 9.78. The maximum atomic E-state index is 13.8. The van der Waals surface area contributed by atoms with Gasteiger partial charge in [0.15, 0.2) is 5.78 Å². The lowest BCUT2D eigenvalue weighted by Gasteiger charge is -2.30. The molecule has 4 heteroatoms. The average Bonchev–Trinajstić information content (AvgIpc) is 3.00. The van der Waals surface area contributed by atoms with E-state index < -0.39 is 0 Å². The van der Waals surface area contributed by atoms with Gasteiger partial charge in [-0.2, -0.15) is 0 Å². The van der Waals surface area contributed by atoms with Gasteiger partial charge in [-0.25, -0.2) is 0 Å². The van der Waals surface area contributed by atoms with E-state index in [1.54, 1.807) is 0 Å². The number of Topliss-reactive ketones (excluding diaryl/α,β-unsaturated/α-hetero) is 1. The van der Waals surface area contributed by atoms with Crippen molar-refractivity contribution in [2.75, 3.05) is 10.6 Å². The Bertz CT molecular complexity index is 1280. The maximum Gasteiger partial charge on any atom is 0.163 e. The number of carbonyl (C=O) groups is 1. The minimum Gasteiger partial charge on any atom is -0.491 e. The Labute approximate surface area is 214 Å². The maximum absolute atomic E-state index is 13.8. The number of ether oxygens (including phenoxy) is 1. The molecule has 1 heterocycles. The average molecular weight is 481 g/mol. The molecule has 2 atom stereocenters. The zero-order valence-corrected chi connectivity index (χ0v) is 21.9. The summed E-state index contributed by atoms with van der Waals surface area (Å²) in [6.45, 7) is 10.7. The van der Waals surface area contributed by atoms with Crippen LogP contribution in [0.4, 0.5) is 11.4 Å². The zero-order valence-electron chi connectivity index (χ0n) is 21.9. The van der Waals surface area contributed by atoms with Gasteiger partial charge in [-0.1, -0.05) is 69.3 Å². The normalized spacial score (nSPS) is 19.7. The second-order valence-electron chi connectivity index (χ2n) is 11.3. The van der Waals surface area contributed by atoms with Crippen LogP contribution >= 0.6 is 0 Å². The predicted octanol–water partition coefficient (Wildman–Crippen LogP) is 7.75. The summed E-state index contributed by atoms with van der Waals surface area (Å²) in [6, 6.07) is 25.0. The third-order valence-electron chi connectivity index (χ3n) is 7.14. The Balaban J connectivity index is 1.51. The highest BCUT2D eigenvalue weighted by Gasteiger charge is 2.36. The van der Waals surface area contributed by atoms with Crippen LogP contribution in [0.15, 0.2) is 84.1 Å². The molecule has 3 aromatic carbocycles. The summed E-state index contributed by atoms with van der Waals surface area (Å²) in [5.41, 5.74) is 7.53. The van der Waals surface area contributed by atoms with Crippen LogP contribution in [0.25, 0.3) is 0 Å². The highest BCUT2D eigenvalue weighted by molar-refractivity contribution is 6.01. The smallest absolute Gasteiger partial charge is 0.163 e. The number of allylic oxidation sites excluding steroid dienone is 1. The summed E-state index contributed by atoms with van der Waals surface area (Å²) in [7, 11) is 0. The van der Waals surface area contributed by atoms with E-state index in [9.17, 15) is 4.79 Å². The first kappa shape index (κ1) is 24.2. The van der Waals surface area contributed by atoms with E-state index in [-0.39, 0.29) is 29.3 Å². The van der Waals surface area contributed by atoms with E-state index in [0.29, 0.717) is 6.42 Å². The van der Waals surface area contributed by atoms with Crippen LogP contribution in [0.5, 0.6) is 5.75 Å². The molecule has 2 aliphatic rings. The molecule has 186 valence electrons. The fourth-order valence-corrected chi connectivity index (χ4v) is 5.24. The molecule has 0 radical (unpaired) electrons. The molecular formula is C32H36N2O2. The van der Waals surface area contributed by atoms with E-state index in [0.717, 1.165) is 40.4 Å². The van der Waals surface area contributed by atoms with Gasteiger partial charge in [0, 0.05) is 17.7 Å². The Kier molecular flexibility index (Phi) is 6.38. The number of hydrogen-bond donors (Lipinski definition) is 2. The first-order chi connectivity index (χ1) is 17.2. The Morgan fingerprint density at radius 2 is 1.47 bits per heavy atom. The molecule has 0 fully saturated rings. The SMILES string of the molecule is CC(C)Oc1ccc(C2CC(=O)C3=C(C2)Nc2ccccc2NC3c2ccc(C(C)(C)C)cc2)cc1. The van der Waals surface area contributed by atoms with E-state index in [1.807, 2.05) is 38.1 Å². The van der Waals surface area contributed by atoms with Gasteiger partial charge in [0.1, 0.15) is 5.75 Å². The lowest BCUT2D eigenvalue weighted by Crippen LogP contribution is -2.27. The second-order valence-corrected chi connectivity index (χ2v) is 11.3. The Hall–Kier alpha value is -3.53. The second kappa shape index (κ2) is 9.50. The van der Waals surface area contributed by atoms with Gasteiger partial charge >= 0.3 is 0 Å². The van der Waals surface area contributed by atoms with E-state index in [2.05, 4.69) is 79.9 Å². The summed E-state index contributed by atoms with van der Waals surface area (Å²) >= 11 is 0. The molecule has 0 bridgehead atoms. The quantitative estimate of drug-likeness (QED) is 0.401. The number of carbonyl (C=O) groups excluding carboxylic acids is 1. The molecule has 4 nitrogen and oxygen atoms in total. The molecule has 3 aromatic rings. The fraction of sp³-hybridized carbons (Fsp3) is 0.344. The first-order valence-electron chi connectivity index (χ1n) is 12.9. The molecule has 1 aliphatic carbocycles. The zero-order chi connectivity index (χ0) is 25.4. The predicted molar refractivity (Wildman–Crippen MR) is 148 cm³/mol. The van der Waals surface area contributed by atoms with Gasteiger partial charge in [-0.3, -0.25) is 4.79 Å². The van der Waals surface area contributed by atoms with Gasteiger partial charge in [0.05, 0.1) is 23.5 Å². The van der Waals surface area contributed by atoms with Gasteiger partial charge in [-0.05, 0) is 72.6 Å². The highest BCUT2D eigenvalue weighted by Crippen LogP contribution is 2.44. The molecule has 0 amide bonds. The number of rotatable bonds is 4. The molecule has 2 N–H and O–H groups in total. The standard InChI is InChI=1S/C32H36N2O2/c1-20(2)36-25-16-12-21(13-17-25)23-18-28-30(29(35)19-23)31(34-27-9-7-6-8-26(27)33-28)22-10-14-24(15-11-22)32(3,4)5/h6-17,20,23,31,33-34H,18-19H2,1-5H3. The van der Waals surface area contributed by atoms with Gasteiger partial charge in [-0.15, -0.1) is 0 Å². The van der Waals surface area contributed by atoms with Crippen molar-refractivity contribution in [3.8, 4) is 5.75 Å². The Morgan fingerprint density at radius 1 is 0.833 bits per heavy atom. The van der Waals surface area contributed by atoms with E-state index in [4.69, 9.17) is 4.74 Å². The number of para-hydroxylation sites is 2. The minimum absolute atomic E-state index is 0.0810. The van der Waals surface area contributed by atoms with Gasteiger partial charge in [0.2, 0.25) is 0 Å². The van der Waals surface area contributed by atoms with Crippen LogP contribution in [0.2, 0.25) is 0 Å². The molecule has 0 saturated carbocycles. The fourth-order valence-electron chi connectivity index (χ4n) is 5.24. The van der Waals surface area contributed by atoms with Crippen molar-refractivity contribution in [1.82, 2.24) is 0 Å². The number of benzene rings is 3. The molecular weight excluding hydrogens is 444 g/mol. The Morgan fingerprint density at radius 3 is 2.11 bits per heavy atom. The van der Waals surface area contributed by atoms with Crippen molar-refractivity contribution >= 4 is 17.2 Å². The number of hydrogen-bond acceptors (Lipinski definition) is 4. The van der Waals surface area contributed by atoms with Crippen molar-refractivity contribution in [3.05, 3.63) is 101 Å². The molecule has 1 aliphatic heterocycles. The van der Waals surface area contributed by atoms with Crippen LogP contribution in [0, 0.1) is 0 Å². The number of nitrogens with one attached hydrogen (secondary N) is 2. The molecule has 36 heavy (non-hydrogen) atoms. The summed E-state index contributed by atoms with van der Waals surface area (Å²) in [5, 5.41) is 7.32. The van der Waals surface area contributed by atoms with Gasteiger partial charge in [0.25, 0.3) is 0 Å². The van der Waals surface area contributed by atoms with Crippen molar-refractivity contribution in [3.63, 3.8) is 0 Å². The van der Waals surface area contributed by atoms with Crippen molar-refractivity contribution in [2.45, 2.75) is 70.9 Å². The molecule has 0 spiro atoms. The van der Waals surface area contributed by atoms with Crippen molar-refractivity contribution in [1.29, 1.82) is 0 Å². The lowest BCUT2D eigenvalue weighted by molar-refractivity contribution is -0.116.